The molecule has 4 nitrogen and oxygen atoms in total. The van der Waals surface area contributed by atoms with E-state index in [0.717, 1.165) is 25.3 Å². The van der Waals surface area contributed by atoms with Crippen LogP contribution >= 0.6 is 0 Å². The van der Waals surface area contributed by atoms with Crippen LogP contribution < -0.4 is 10.5 Å². The van der Waals surface area contributed by atoms with E-state index in [1.54, 1.807) is 0 Å². The maximum absolute atomic E-state index is 13.1. The third-order valence-electron chi connectivity index (χ3n) is 2.71. The topological polar surface area (TPSA) is 72.2 Å². The molecule has 16 heavy (non-hydrogen) atoms. The molecule has 0 heterocycles. The van der Waals surface area contributed by atoms with Gasteiger partial charge >= 0.3 is 0 Å². The maximum Gasteiger partial charge on any atom is 0.240 e. The Balaban J connectivity index is 2.24. The van der Waals surface area contributed by atoms with Crippen molar-refractivity contribution in [3.8, 4) is 0 Å². The third-order valence-corrected chi connectivity index (χ3v) is 4.23. The average Bonchev–Trinajstić information content (AvgIpc) is 2.16. The largest absolute Gasteiger partial charge is 0.396 e. The fourth-order valence-electron chi connectivity index (χ4n) is 1.49. The highest BCUT2D eigenvalue weighted by Gasteiger charge is 2.25. The zero-order chi connectivity index (χ0) is 11.8. The Morgan fingerprint density at radius 3 is 2.56 bits per heavy atom. The lowest BCUT2D eigenvalue weighted by Crippen LogP contribution is -2.39. The van der Waals surface area contributed by atoms with Crippen molar-refractivity contribution in [2.45, 2.75) is 30.2 Å². The molecule has 0 spiro atoms. The summed E-state index contributed by atoms with van der Waals surface area (Å²) >= 11 is 0. The van der Waals surface area contributed by atoms with Crippen molar-refractivity contribution in [3.63, 3.8) is 0 Å². The van der Waals surface area contributed by atoms with Crippen LogP contribution in [0.1, 0.15) is 19.3 Å². The number of sulfonamides is 1. The minimum atomic E-state index is -3.61. The van der Waals surface area contributed by atoms with Gasteiger partial charge in [-0.1, -0.05) is 6.42 Å². The summed E-state index contributed by atoms with van der Waals surface area (Å²) in [5.74, 6) is -0.712. The summed E-state index contributed by atoms with van der Waals surface area (Å²) in [5.41, 5.74) is 5.23. The van der Waals surface area contributed by atoms with Gasteiger partial charge in [0.2, 0.25) is 10.0 Å². The Bertz CT molecular complexity index is 498. The van der Waals surface area contributed by atoms with Gasteiger partial charge in [0.25, 0.3) is 0 Å². The summed E-state index contributed by atoms with van der Waals surface area (Å²) in [6.45, 7) is 0. The number of halogens is 1. The summed E-state index contributed by atoms with van der Waals surface area (Å²) in [7, 11) is -3.61. The molecule has 0 aliphatic heterocycles. The second-order valence-electron chi connectivity index (χ2n) is 3.93. The first-order chi connectivity index (χ1) is 7.49. The van der Waals surface area contributed by atoms with Crippen molar-refractivity contribution in [2.24, 2.45) is 0 Å². The fraction of sp³-hybridized carbons (Fsp3) is 0.400. The average molecular weight is 244 g/mol. The molecule has 1 aliphatic rings. The number of anilines is 1. The summed E-state index contributed by atoms with van der Waals surface area (Å²) in [6, 6.07) is 3.49. The van der Waals surface area contributed by atoms with Gasteiger partial charge in [-0.15, -0.1) is 0 Å². The van der Waals surface area contributed by atoms with E-state index < -0.39 is 15.8 Å². The van der Waals surface area contributed by atoms with E-state index in [1.807, 2.05) is 0 Å². The standard InChI is InChI=1S/C10H13FN2O2S/c11-9-6-8(4-5-10(9)12)16(14,15)13-7-2-1-3-7/h4-7,13H,1-3,12H2. The van der Waals surface area contributed by atoms with Crippen LogP contribution in [0.4, 0.5) is 10.1 Å². The SMILES string of the molecule is Nc1ccc(S(=O)(=O)NC2CCC2)cc1F. The van der Waals surface area contributed by atoms with Crippen LogP contribution in [0.15, 0.2) is 23.1 Å². The molecule has 0 saturated heterocycles. The molecule has 88 valence electrons. The number of hydrogen-bond acceptors (Lipinski definition) is 3. The molecule has 6 heteroatoms. The summed E-state index contributed by atoms with van der Waals surface area (Å²) in [4.78, 5) is -0.0777. The van der Waals surface area contributed by atoms with E-state index in [9.17, 15) is 12.8 Å². The molecule has 0 radical (unpaired) electrons. The van der Waals surface area contributed by atoms with Gasteiger partial charge in [0, 0.05) is 6.04 Å². The van der Waals surface area contributed by atoms with Gasteiger partial charge in [-0.3, -0.25) is 0 Å². The Morgan fingerprint density at radius 2 is 2.06 bits per heavy atom. The number of benzene rings is 1. The number of nitrogens with one attached hydrogen (secondary N) is 1. The van der Waals surface area contributed by atoms with Gasteiger partial charge < -0.3 is 5.73 Å². The van der Waals surface area contributed by atoms with Crippen LogP contribution in [0, 0.1) is 5.82 Å². The highest BCUT2D eigenvalue weighted by atomic mass is 32.2. The van der Waals surface area contributed by atoms with E-state index >= 15 is 0 Å². The zero-order valence-corrected chi connectivity index (χ0v) is 9.43. The molecule has 0 amide bonds. The van der Waals surface area contributed by atoms with E-state index in [0.29, 0.717) is 0 Å². The minimum absolute atomic E-state index is 0.00869. The van der Waals surface area contributed by atoms with Gasteiger partial charge in [0.1, 0.15) is 5.82 Å². The zero-order valence-electron chi connectivity index (χ0n) is 8.61. The van der Waals surface area contributed by atoms with Crippen LogP contribution in [0.5, 0.6) is 0 Å². The number of rotatable bonds is 3. The molecule has 0 aromatic heterocycles. The second kappa shape index (κ2) is 4.03. The smallest absolute Gasteiger partial charge is 0.240 e. The predicted octanol–water partition coefficient (Wildman–Crippen LogP) is 1.24. The molecule has 3 N–H and O–H groups in total. The molecule has 1 fully saturated rings. The minimum Gasteiger partial charge on any atom is -0.396 e. The quantitative estimate of drug-likeness (QED) is 0.786. The summed E-state index contributed by atoms with van der Waals surface area (Å²) < 4.78 is 39.2. The first kappa shape index (κ1) is 11.3. The first-order valence-electron chi connectivity index (χ1n) is 5.06. The molecule has 1 aliphatic carbocycles. The molecular weight excluding hydrogens is 231 g/mol. The molecule has 1 saturated carbocycles. The Kier molecular flexibility index (Phi) is 2.86. The fourth-order valence-corrected chi connectivity index (χ4v) is 2.81. The van der Waals surface area contributed by atoms with Gasteiger partial charge in [-0.05, 0) is 31.0 Å². The molecule has 0 atom stereocenters. The first-order valence-corrected chi connectivity index (χ1v) is 6.55. The van der Waals surface area contributed by atoms with Gasteiger partial charge in [0.15, 0.2) is 0 Å². The van der Waals surface area contributed by atoms with E-state index in [4.69, 9.17) is 5.73 Å². The number of hydrogen-bond donors (Lipinski definition) is 2. The lowest BCUT2D eigenvalue weighted by Gasteiger charge is -2.26. The van der Waals surface area contributed by atoms with Crippen molar-refractivity contribution in [2.75, 3.05) is 5.73 Å². The Morgan fingerprint density at radius 1 is 1.38 bits per heavy atom. The van der Waals surface area contributed by atoms with Crippen LogP contribution in [-0.2, 0) is 10.0 Å². The lowest BCUT2D eigenvalue weighted by atomic mass is 9.94. The molecular formula is C10H13FN2O2S. The van der Waals surface area contributed by atoms with Crippen LogP contribution in [0.2, 0.25) is 0 Å². The van der Waals surface area contributed by atoms with Crippen LogP contribution in [0.3, 0.4) is 0 Å². The van der Waals surface area contributed by atoms with E-state index in [1.165, 1.54) is 12.1 Å². The monoisotopic (exact) mass is 244 g/mol. The van der Waals surface area contributed by atoms with Crippen molar-refractivity contribution in [3.05, 3.63) is 24.0 Å². The number of nitrogen functional groups attached to an aromatic ring is 1. The van der Waals surface area contributed by atoms with E-state index in [2.05, 4.69) is 4.72 Å². The molecule has 0 unspecified atom stereocenters. The van der Waals surface area contributed by atoms with Crippen LogP contribution in [0.25, 0.3) is 0 Å². The molecule has 2 rings (SSSR count). The second-order valence-corrected chi connectivity index (χ2v) is 5.65. The normalized spacial score (nSPS) is 17.1. The molecule has 0 bridgehead atoms. The summed E-state index contributed by atoms with van der Waals surface area (Å²) in [5, 5.41) is 0. The maximum atomic E-state index is 13.1. The third kappa shape index (κ3) is 2.17. The lowest BCUT2D eigenvalue weighted by molar-refractivity contribution is 0.383. The molecule has 1 aromatic rings. The highest BCUT2D eigenvalue weighted by molar-refractivity contribution is 7.89. The van der Waals surface area contributed by atoms with Crippen molar-refractivity contribution in [1.29, 1.82) is 0 Å². The van der Waals surface area contributed by atoms with Crippen LogP contribution in [-0.4, -0.2) is 14.5 Å². The van der Waals surface area contributed by atoms with Gasteiger partial charge in [0.05, 0.1) is 10.6 Å². The van der Waals surface area contributed by atoms with Gasteiger partial charge in [-0.2, -0.15) is 0 Å². The Hall–Kier alpha value is -1.14. The highest BCUT2D eigenvalue weighted by Crippen LogP contribution is 2.22. The van der Waals surface area contributed by atoms with Crippen molar-refractivity contribution < 1.29 is 12.8 Å². The van der Waals surface area contributed by atoms with Gasteiger partial charge in [-0.25, -0.2) is 17.5 Å². The Labute approximate surface area is 93.7 Å². The van der Waals surface area contributed by atoms with Crippen molar-refractivity contribution in [1.82, 2.24) is 4.72 Å². The predicted molar refractivity (Wildman–Crippen MR) is 58.8 cm³/mol. The van der Waals surface area contributed by atoms with E-state index in [-0.39, 0.29) is 16.6 Å². The summed E-state index contributed by atoms with van der Waals surface area (Å²) in [6.07, 6.45) is 2.72. The van der Waals surface area contributed by atoms with Crippen molar-refractivity contribution >= 4 is 15.7 Å². The number of nitrogens with two attached hydrogens (primary N) is 1. The molecule has 1 aromatic carbocycles.